The van der Waals surface area contributed by atoms with Crippen LogP contribution < -0.4 is 5.32 Å². The van der Waals surface area contributed by atoms with Crippen LogP contribution in [0.5, 0.6) is 0 Å². The molecule has 1 N–H and O–H groups in total. The number of nitrogens with one attached hydrogen (secondary N) is 1. The highest BCUT2D eigenvalue weighted by molar-refractivity contribution is 9.09. The molecule has 0 saturated heterocycles. The maximum absolute atomic E-state index is 11.8. The van der Waals surface area contributed by atoms with Gasteiger partial charge in [0.25, 0.3) is 0 Å². The van der Waals surface area contributed by atoms with Crippen LogP contribution in [0.1, 0.15) is 16.0 Å². The third kappa shape index (κ3) is 4.52. The van der Waals surface area contributed by atoms with E-state index < -0.39 is 0 Å². The van der Waals surface area contributed by atoms with Crippen molar-refractivity contribution >= 4 is 21.8 Å². The zero-order chi connectivity index (χ0) is 13.5. The first-order valence-electron chi connectivity index (χ1n) is 6.25. The highest BCUT2D eigenvalue weighted by Crippen LogP contribution is 2.20. The van der Waals surface area contributed by atoms with Crippen molar-refractivity contribution in [1.82, 2.24) is 5.32 Å². The summed E-state index contributed by atoms with van der Waals surface area (Å²) >= 11 is 3.59. The standard InChI is InChI=1S/C16H16BrNO/c17-15(14-9-5-2-6-10-14)12-18-16(19)11-13-7-3-1-4-8-13/h1-10,15H,11-12H2,(H,18,19). The molecule has 1 amide bonds. The van der Waals surface area contributed by atoms with Gasteiger partial charge >= 0.3 is 0 Å². The van der Waals surface area contributed by atoms with E-state index in [2.05, 4.69) is 21.2 Å². The Morgan fingerprint density at radius 2 is 1.58 bits per heavy atom. The Morgan fingerprint density at radius 3 is 2.21 bits per heavy atom. The minimum atomic E-state index is 0.0478. The van der Waals surface area contributed by atoms with Crippen LogP contribution in [0.3, 0.4) is 0 Å². The van der Waals surface area contributed by atoms with E-state index in [0.29, 0.717) is 13.0 Å². The largest absolute Gasteiger partial charge is 0.354 e. The van der Waals surface area contributed by atoms with Gasteiger partial charge in [-0.3, -0.25) is 4.79 Å². The van der Waals surface area contributed by atoms with Crippen LogP contribution in [0.15, 0.2) is 60.7 Å². The van der Waals surface area contributed by atoms with E-state index >= 15 is 0 Å². The lowest BCUT2D eigenvalue weighted by Gasteiger charge is -2.11. The van der Waals surface area contributed by atoms with Crippen molar-refractivity contribution in [2.75, 3.05) is 6.54 Å². The third-order valence-electron chi connectivity index (χ3n) is 2.85. The summed E-state index contributed by atoms with van der Waals surface area (Å²) in [6.07, 6.45) is 0.426. The van der Waals surface area contributed by atoms with Gasteiger partial charge in [-0.05, 0) is 11.1 Å². The van der Waals surface area contributed by atoms with E-state index in [4.69, 9.17) is 0 Å². The lowest BCUT2D eigenvalue weighted by atomic mass is 10.1. The Labute approximate surface area is 122 Å². The second-order valence-electron chi connectivity index (χ2n) is 4.34. The predicted molar refractivity (Wildman–Crippen MR) is 81.3 cm³/mol. The normalized spacial score (nSPS) is 11.8. The Kier molecular flexibility index (Phi) is 5.16. The molecule has 1 atom stereocenters. The zero-order valence-electron chi connectivity index (χ0n) is 10.6. The lowest BCUT2D eigenvalue weighted by molar-refractivity contribution is -0.120. The van der Waals surface area contributed by atoms with Crippen molar-refractivity contribution in [3.63, 3.8) is 0 Å². The quantitative estimate of drug-likeness (QED) is 0.840. The second kappa shape index (κ2) is 7.10. The Bertz CT molecular complexity index is 513. The summed E-state index contributed by atoms with van der Waals surface area (Å²) in [6.45, 7) is 0.593. The highest BCUT2D eigenvalue weighted by atomic mass is 79.9. The molecule has 0 saturated carbocycles. The summed E-state index contributed by atoms with van der Waals surface area (Å²) in [7, 11) is 0. The SMILES string of the molecule is O=C(Cc1ccccc1)NCC(Br)c1ccccc1. The minimum absolute atomic E-state index is 0.0478. The first-order valence-corrected chi connectivity index (χ1v) is 7.17. The molecule has 0 bridgehead atoms. The first-order chi connectivity index (χ1) is 9.25. The fourth-order valence-electron chi connectivity index (χ4n) is 1.83. The average Bonchev–Trinajstić information content (AvgIpc) is 2.47. The maximum atomic E-state index is 11.8. The number of halogens is 1. The van der Waals surface area contributed by atoms with Crippen molar-refractivity contribution in [2.45, 2.75) is 11.2 Å². The van der Waals surface area contributed by atoms with Crippen LogP contribution in [-0.4, -0.2) is 12.5 Å². The van der Waals surface area contributed by atoms with Crippen LogP contribution in [0.25, 0.3) is 0 Å². The number of carbonyl (C=O) groups excluding carboxylic acids is 1. The fourth-order valence-corrected chi connectivity index (χ4v) is 2.29. The molecular formula is C16H16BrNO. The summed E-state index contributed by atoms with van der Waals surface area (Å²) in [4.78, 5) is 12.0. The zero-order valence-corrected chi connectivity index (χ0v) is 12.1. The number of carbonyl (C=O) groups is 1. The Hall–Kier alpha value is -1.61. The molecule has 0 aliphatic carbocycles. The number of hydrogen-bond acceptors (Lipinski definition) is 1. The Balaban J connectivity index is 1.81. The number of rotatable bonds is 5. The van der Waals surface area contributed by atoms with Crippen LogP contribution in [-0.2, 0) is 11.2 Å². The molecular weight excluding hydrogens is 302 g/mol. The van der Waals surface area contributed by atoms with E-state index in [-0.39, 0.29) is 10.7 Å². The van der Waals surface area contributed by atoms with Gasteiger partial charge in [0.2, 0.25) is 5.91 Å². The molecule has 0 fully saturated rings. The summed E-state index contributed by atoms with van der Waals surface area (Å²) in [6, 6.07) is 19.8. The molecule has 2 aromatic rings. The lowest BCUT2D eigenvalue weighted by Crippen LogP contribution is -2.28. The van der Waals surface area contributed by atoms with Crippen molar-refractivity contribution in [3.05, 3.63) is 71.8 Å². The number of amides is 1. The Morgan fingerprint density at radius 1 is 1.00 bits per heavy atom. The molecule has 2 nitrogen and oxygen atoms in total. The first kappa shape index (κ1) is 13.8. The summed E-state index contributed by atoms with van der Waals surface area (Å²) < 4.78 is 0. The molecule has 3 heteroatoms. The van der Waals surface area contributed by atoms with E-state index in [0.717, 1.165) is 5.56 Å². The van der Waals surface area contributed by atoms with Crippen LogP contribution in [0.2, 0.25) is 0 Å². The van der Waals surface area contributed by atoms with Crippen LogP contribution in [0, 0.1) is 0 Å². The summed E-state index contributed by atoms with van der Waals surface area (Å²) in [5.41, 5.74) is 2.20. The monoisotopic (exact) mass is 317 g/mol. The molecule has 19 heavy (non-hydrogen) atoms. The van der Waals surface area contributed by atoms with E-state index in [9.17, 15) is 4.79 Å². The highest BCUT2D eigenvalue weighted by Gasteiger charge is 2.09. The maximum Gasteiger partial charge on any atom is 0.224 e. The molecule has 0 spiro atoms. The van der Waals surface area contributed by atoms with Gasteiger partial charge in [0, 0.05) is 6.54 Å². The molecule has 2 rings (SSSR count). The van der Waals surface area contributed by atoms with Crippen molar-refractivity contribution < 1.29 is 4.79 Å². The van der Waals surface area contributed by atoms with Crippen molar-refractivity contribution in [3.8, 4) is 0 Å². The van der Waals surface area contributed by atoms with Gasteiger partial charge in [-0.15, -0.1) is 0 Å². The van der Waals surface area contributed by atoms with Crippen LogP contribution >= 0.6 is 15.9 Å². The van der Waals surface area contributed by atoms with Gasteiger partial charge in [-0.25, -0.2) is 0 Å². The molecule has 0 heterocycles. The van der Waals surface area contributed by atoms with Gasteiger partial charge in [-0.1, -0.05) is 76.6 Å². The van der Waals surface area contributed by atoms with E-state index in [1.807, 2.05) is 60.7 Å². The molecule has 1 unspecified atom stereocenters. The van der Waals surface area contributed by atoms with Gasteiger partial charge in [0.15, 0.2) is 0 Å². The van der Waals surface area contributed by atoms with E-state index in [1.54, 1.807) is 0 Å². The van der Waals surface area contributed by atoms with E-state index in [1.165, 1.54) is 5.56 Å². The molecule has 2 aromatic carbocycles. The molecule has 0 radical (unpaired) electrons. The summed E-state index contributed by atoms with van der Waals surface area (Å²) in [5.74, 6) is 0.0478. The minimum Gasteiger partial charge on any atom is -0.354 e. The predicted octanol–water partition coefficient (Wildman–Crippen LogP) is 3.48. The van der Waals surface area contributed by atoms with Crippen molar-refractivity contribution in [1.29, 1.82) is 0 Å². The summed E-state index contributed by atoms with van der Waals surface area (Å²) in [5, 5.41) is 2.94. The van der Waals surface area contributed by atoms with Gasteiger partial charge in [0.1, 0.15) is 0 Å². The van der Waals surface area contributed by atoms with Gasteiger partial charge in [0.05, 0.1) is 11.2 Å². The van der Waals surface area contributed by atoms with Gasteiger partial charge < -0.3 is 5.32 Å². The van der Waals surface area contributed by atoms with Gasteiger partial charge in [-0.2, -0.15) is 0 Å². The third-order valence-corrected chi connectivity index (χ3v) is 3.70. The number of alkyl halides is 1. The van der Waals surface area contributed by atoms with Crippen molar-refractivity contribution in [2.24, 2.45) is 0 Å². The molecule has 0 aromatic heterocycles. The molecule has 98 valence electrons. The molecule has 0 aliphatic rings. The number of benzene rings is 2. The smallest absolute Gasteiger partial charge is 0.224 e. The fraction of sp³-hybridized carbons (Fsp3) is 0.188. The number of hydrogen-bond donors (Lipinski definition) is 1. The topological polar surface area (TPSA) is 29.1 Å². The second-order valence-corrected chi connectivity index (χ2v) is 5.45. The van der Waals surface area contributed by atoms with Crippen LogP contribution in [0.4, 0.5) is 0 Å². The average molecular weight is 318 g/mol. The molecule has 0 aliphatic heterocycles.